The molecule has 0 bridgehead atoms. The first kappa shape index (κ1) is 23.5. The van der Waals surface area contributed by atoms with E-state index in [1.165, 1.54) is 4.70 Å². The molecule has 0 aliphatic heterocycles. The zero-order valence-corrected chi connectivity index (χ0v) is 21.3. The maximum atomic E-state index is 6.25. The van der Waals surface area contributed by atoms with Gasteiger partial charge in [-0.3, -0.25) is 0 Å². The molecule has 1 N–H and O–H groups in total. The Morgan fingerprint density at radius 1 is 0.857 bits per heavy atom. The Hall–Kier alpha value is -3.25. The van der Waals surface area contributed by atoms with Crippen LogP contribution in [0, 0.1) is 0 Å². The maximum absolute atomic E-state index is 6.25. The number of nitrogens with one attached hydrogen (secondary N) is 1. The second-order valence-electron chi connectivity index (χ2n) is 7.89. The second-order valence-corrected chi connectivity index (χ2v) is 9.74. The molecule has 0 saturated heterocycles. The van der Waals surface area contributed by atoms with Crippen molar-refractivity contribution in [1.29, 1.82) is 0 Å². The maximum Gasteiger partial charge on any atom is 0.161 e. The fourth-order valence-electron chi connectivity index (χ4n) is 3.69. The molecule has 1 heterocycles. The van der Waals surface area contributed by atoms with Crippen molar-refractivity contribution in [1.82, 2.24) is 4.98 Å². The number of benzene rings is 4. The van der Waals surface area contributed by atoms with Gasteiger partial charge in [0.2, 0.25) is 0 Å². The highest BCUT2D eigenvalue weighted by atomic mass is 35.5. The molecule has 5 rings (SSSR count). The molecule has 0 amide bonds. The van der Waals surface area contributed by atoms with Crippen molar-refractivity contribution in [2.75, 3.05) is 12.4 Å². The number of fused-ring (bicyclic) bond motifs is 1. The Balaban J connectivity index is 1.23. The van der Waals surface area contributed by atoms with Crippen molar-refractivity contribution in [3.63, 3.8) is 0 Å². The average Bonchev–Trinajstić information content (AvgIpc) is 3.32. The summed E-state index contributed by atoms with van der Waals surface area (Å²) < 4.78 is 12.7. The van der Waals surface area contributed by atoms with Crippen LogP contribution < -0.4 is 14.8 Å². The van der Waals surface area contributed by atoms with Crippen molar-refractivity contribution in [3.05, 3.63) is 106 Å². The van der Waals surface area contributed by atoms with Gasteiger partial charge in [-0.15, -0.1) is 11.3 Å². The van der Waals surface area contributed by atoms with Gasteiger partial charge in [0.1, 0.15) is 11.6 Å². The lowest BCUT2D eigenvalue weighted by molar-refractivity contribution is 0.284. The van der Waals surface area contributed by atoms with E-state index in [1.807, 2.05) is 42.5 Å². The predicted octanol–water partition coefficient (Wildman–Crippen LogP) is 8.47. The van der Waals surface area contributed by atoms with Gasteiger partial charge in [-0.1, -0.05) is 47.5 Å². The lowest BCUT2D eigenvalue weighted by Gasteiger charge is -2.14. The van der Waals surface area contributed by atoms with E-state index in [1.54, 1.807) is 30.6 Å². The Morgan fingerprint density at radius 2 is 1.63 bits per heavy atom. The summed E-state index contributed by atoms with van der Waals surface area (Å²) in [7, 11) is 1.63. The minimum absolute atomic E-state index is 0.257. The molecule has 0 unspecified atom stereocenters. The standard InChI is InChI=1S/C28H22Cl2N2O2S/c1-33-26-15-18(9-14-25(26)34-17-21-22(29)5-4-6-23(21)30)16-31-20-12-10-19(11-13-20)28-32-24-7-2-3-8-27(24)35-28/h2-15,31H,16-17H2,1H3. The Kier molecular flexibility index (Phi) is 7.09. The smallest absolute Gasteiger partial charge is 0.161 e. The largest absolute Gasteiger partial charge is 0.493 e. The molecule has 4 aromatic carbocycles. The first-order chi connectivity index (χ1) is 17.1. The fourth-order valence-corrected chi connectivity index (χ4v) is 5.17. The van der Waals surface area contributed by atoms with E-state index in [0.717, 1.165) is 32.9 Å². The van der Waals surface area contributed by atoms with Crippen molar-refractivity contribution in [3.8, 4) is 22.1 Å². The monoisotopic (exact) mass is 520 g/mol. The molecule has 0 fully saturated rings. The summed E-state index contributed by atoms with van der Waals surface area (Å²) in [4.78, 5) is 4.74. The molecule has 0 saturated carbocycles. The third-order valence-corrected chi connectivity index (χ3v) is 7.38. The lowest BCUT2D eigenvalue weighted by Crippen LogP contribution is -2.02. The zero-order chi connectivity index (χ0) is 24.2. The Bertz CT molecular complexity index is 1410. The van der Waals surface area contributed by atoms with Gasteiger partial charge in [0, 0.05) is 33.4 Å². The number of ether oxygens (including phenoxy) is 2. The van der Waals surface area contributed by atoms with Crippen molar-refractivity contribution < 1.29 is 9.47 Å². The lowest BCUT2D eigenvalue weighted by atomic mass is 10.1. The van der Waals surface area contributed by atoms with Gasteiger partial charge in [0.25, 0.3) is 0 Å². The molecular formula is C28H22Cl2N2O2S. The van der Waals surface area contributed by atoms with E-state index in [-0.39, 0.29) is 6.61 Å². The number of hydrogen-bond donors (Lipinski definition) is 1. The third kappa shape index (κ3) is 5.38. The summed E-state index contributed by atoms with van der Waals surface area (Å²) >= 11 is 14.2. The Morgan fingerprint density at radius 3 is 2.37 bits per heavy atom. The number of aromatic nitrogens is 1. The number of anilines is 1. The SMILES string of the molecule is COc1cc(CNc2ccc(-c3nc4ccccc4s3)cc2)ccc1OCc1c(Cl)cccc1Cl. The van der Waals surface area contributed by atoms with Gasteiger partial charge in [0.15, 0.2) is 11.5 Å². The summed E-state index contributed by atoms with van der Waals surface area (Å²) in [5.41, 5.74) is 4.99. The number of rotatable bonds is 8. The summed E-state index contributed by atoms with van der Waals surface area (Å²) in [6, 6.07) is 27.8. The molecule has 5 aromatic rings. The van der Waals surface area contributed by atoms with E-state index >= 15 is 0 Å². The van der Waals surface area contributed by atoms with E-state index in [4.69, 9.17) is 37.7 Å². The van der Waals surface area contributed by atoms with Crippen molar-refractivity contribution >= 4 is 50.4 Å². The Labute approximate surface area is 218 Å². The van der Waals surface area contributed by atoms with Crippen molar-refractivity contribution in [2.24, 2.45) is 0 Å². The fraction of sp³-hybridized carbons (Fsp3) is 0.107. The molecule has 35 heavy (non-hydrogen) atoms. The molecule has 0 spiro atoms. The third-order valence-electron chi connectivity index (χ3n) is 5.58. The van der Waals surface area contributed by atoms with Gasteiger partial charge in [-0.2, -0.15) is 0 Å². The normalized spacial score (nSPS) is 10.9. The molecular weight excluding hydrogens is 499 g/mol. The number of methoxy groups -OCH3 is 1. The second kappa shape index (κ2) is 10.6. The zero-order valence-electron chi connectivity index (χ0n) is 18.9. The van der Waals surface area contributed by atoms with Crippen molar-refractivity contribution in [2.45, 2.75) is 13.2 Å². The minimum atomic E-state index is 0.257. The molecule has 1 aromatic heterocycles. The summed E-state index contributed by atoms with van der Waals surface area (Å²) in [5, 5.41) is 5.64. The highest BCUT2D eigenvalue weighted by Gasteiger charge is 2.11. The van der Waals surface area contributed by atoms with Gasteiger partial charge < -0.3 is 14.8 Å². The van der Waals surface area contributed by atoms with Crippen LogP contribution in [0.1, 0.15) is 11.1 Å². The molecule has 4 nitrogen and oxygen atoms in total. The van der Waals surface area contributed by atoms with Crippen LogP contribution in [0.4, 0.5) is 5.69 Å². The van der Waals surface area contributed by atoms with E-state index in [2.05, 4.69) is 35.6 Å². The molecule has 0 atom stereocenters. The quantitative estimate of drug-likeness (QED) is 0.222. The number of para-hydroxylation sites is 1. The number of nitrogens with zero attached hydrogens (tertiary/aromatic N) is 1. The minimum Gasteiger partial charge on any atom is -0.493 e. The van der Waals surface area contributed by atoms with Crippen LogP contribution in [0.2, 0.25) is 10.0 Å². The van der Waals surface area contributed by atoms with Gasteiger partial charge in [-0.05, 0) is 66.2 Å². The highest BCUT2D eigenvalue weighted by molar-refractivity contribution is 7.21. The molecule has 0 radical (unpaired) electrons. The van der Waals surface area contributed by atoms with Gasteiger partial charge in [-0.25, -0.2) is 4.98 Å². The van der Waals surface area contributed by atoms with Crippen LogP contribution in [0.5, 0.6) is 11.5 Å². The number of thiazole rings is 1. The number of hydrogen-bond acceptors (Lipinski definition) is 5. The van der Waals surface area contributed by atoms with Crippen LogP contribution in [-0.2, 0) is 13.2 Å². The van der Waals surface area contributed by atoms with Crippen LogP contribution in [0.15, 0.2) is 84.9 Å². The predicted molar refractivity (Wildman–Crippen MR) is 146 cm³/mol. The van der Waals surface area contributed by atoms with E-state index in [0.29, 0.717) is 28.1 Å². The van der Waals surface area contributed by atoms with E-state index < -0.39 is 0 Å². The van der Waals surface area contributed by atoms with Crippen LogP contribution >= 0.6 is 34.5 Å². The molecule has 0 aliphatic rings. The number of halogens is 2. The molecule has 7 heteroatoms. The molecule has 176 valence electrons. The molecule has 0 aliphatic carbocycles. The van der Waals surface area contributed by atoms with Crippen LogP contribution in [0.3, 0.4) is 0 Å². The summed E-state index contributed by atoms with van der Waals surface area (Å²) in [6.07, 6.45) is 0. The average molecular weight is 521 g/mol. The first-order valence-electron chi connectivity index (χ1n) is 11.0. The van der Waals surface area contributed by atoms with E-state index in [9.17, 15) is 0 Å². The van der Waals surface area contributed by atoms with Crippen LogP contribution in [0.25, 0.3) is 20.8 Å². The first-order valence-corrected chi connectivity index (χ1v) is 12.6. The van der Waals surface area contributed by atoms with Gasteiger partial charge >= 0.3 is 0 Å². The van der Waals surface area contributed by atoms with Crippen LogP contribution in [-0.4, -0.2) is 12.1 Å². The summed E-state index contributed by atoms with van der Waals surface area (Å²) in [5.74, 6) is 1.28. The summed E-state index contributed by atoms with van der Waals surface area (Å²) in [6.45, 7) is 0.904. The van der Waals surface area contributed by atoms with Gasteiger partial charge in [0.05, 0.1) is 17.3 Å². The topological polar surface area (TPSA) is 43.4 Å². The highest BCUT2D eigenvalue weighted by Crippen LogP contribution is 2.33.